The average Bonchev–Trinajstić information content (AvgIpc) is 3.07. The summed E-state index contributed by atoms with van der Waals surface area (Å²) >= 11 is 0. The van der Waals surface area contributed by atoms with Crippen LogP contribution >= 0.6 is 0 Å². The van der Waals surface area contributed by atoms with Gasteiger partial charge in [-0.15, -0.1) is 0 Å². The Kier molecular flexibility index (Phi) is 3.90. The van der Waals surface area contributed by atoms with Gasteiger partial charge in [0.15, 0.2) is 0 Å². The number of piperazine rings is 1. The lowest BCUT2D eigenvalue weighted by molar-refractivity contribution is 0.120. The van der Waals surface area contributed by atoms with Gasteiger partial charge in [0, 0.05) is 51.3 Å². The van der Waals surface area contributed by atoms with Crippen LogP contribution in [0.5, 0.6) is 0 Å². The minimum Gasteiger partial charge on any atom is -0.361 e. The molecule has 0 amide bonds. The minimum absolute atomic E-state index is 0.647. The molecule has 0 N–H and O–H groups in total. The van der Waals surface area contributed by atoms with Gasteiger partial charge in [0.2, 0.25) is 0 Å². The Hall–Kier alpha value is -1.73. The predicted octanol–water partition coefficient (Wildman–Crippen LogP) is 0.961. The summed E-state index contributed by atoms with van der Waals surface area (Å²) in [5.41, 5.74) is 1.08. The molecule has 4 rings (SSSR count). The Labute approximate surface area is 129 Å². The Morgan fingerprint density at radius 1 is 1.00 bits per heavy atom. The molecule has 3 heterocycles. The predicted molar refractivity (Wildman–Crippen MR) is 80.2 cm³/mol. The number of rotatable bonds is 6. The lowest BCUT2D eigenvalue weighted by atomic mass is 10.2. The molecule has 1 saturated carbocycles. The van der Waals surface area contributed by atoms with Gasteiger partial charge in [-0.2, -0.15) is 15.0 Å². The van der Waals surface area contributed by atoms with Crippen LogP contribution < -0.4 is 0 Å². The summed E-state index contributed by atoms with van der Waals surface area (Å²) in [4.78, 5) is 6.68. The van der Waals surface area contributed by atoms with Crippen LogP contribution in [0, 0.1) is 0 Å². The molecule has 2 aliphatic rings. The van der Waals surface area contributed by atoms with Gasteiger partial charge in [-0.3, -0.25) is 9.80 Å². The summed E-state index contributed by atoms with van der Waals surface area (Å²) in [6, 6.07) is 2.15. The molecule has 1 aliphatic carbocycles. The van der Waals surface area contributed by atoms with Crippen LogP contribution in [0.3, 0.4) is 0 Å². The van der Waals surface area contributed by atoms with Gasteiger partial charge in [-0.25, -0.2) is 0 Å². The normalized spacial score (nSPS) is 20.5. The van der Waals surface area contributed by atoms with E-state index in [1.54, 1.807) is 17.2 Å². The van der Waals surface area contributed by atoms with Crippen LogP contribution in [-0.4, -0.2) is 62.7 Å². The molecule has 118 valence electrons. The largest absolute Gasteiger partial charge is 0.361 e. The van der Waals surface area contributed by atoms with Gasteiger partial charge in [0.1, 0.15) is 5.76 Å². The Morgan fingerprint density at radius 2 is 1.73 bits per heavy atom. The zero-order valence-corrected chi connectivity index (χ0v) is 12.8. The molecule has 0 radical (unpaired) electrons. The van der Waals surface area contributed by atoms with Crippen molar-refractivity contribution in [2.75, 3.05) is 32.7 Å². The Morgan fingerprint density at radius 3 is 2.45 bits per heavy atom. The van der Waals surface area contributed by atoms with Crippen LogP contribution in [0.4, 0.5) is 0 Å². The van der Waals surface area contributed by atoms with Crippen molar-refractivity contribution >= 4 is 0 Å². The summed E-state index contributed by atoms with van der Waals surface area (Å²) < 4.78 is 5.43. The third kappa shape index (κ3) is 3.36. The number of hydrogen-bond acceptors (Lipinski definition) is 6. The first kappa shape index (κ1) is 13.9. The fraction of sp³-hybridized carbons (Fsp3) is 0.667. The van der Waals surface area contributed by atoms with Gasteiger partial charge < -0.3 is 4.52 Å². The molecule has 2 aromatic rings. The van der Waals surface area contributed by atoms with Crippen LogP contribution in [0.25, 0.3) is 0 Å². The van der Waals surface area contributed by atoms with E-state index in [-0.39, 0.29) is 0 Å². The zero-order chi connectivity index (χ0) is 14.8. The Balaban J connectivity index is 1.21. The lowest BCUT2D eigenvalue weighted by Crippen LogP contribution is -2.46. The highest BCUT2D eigenvalue weighted by Gasteiger charge is 2.28. The zero-order valence-electron chi connectivity index (χ0n) is 12.8. The highest BCUT2D eigenvalue weighted by molar-refractivity contribution is 5.14. The maximum Gasteiger partial charge on any atom is 0.140 e. The quantitative estimate of drug-likeness (QED) is 0.792. The summed E-state index contributed by atoms with van der Waals surface area (Å²) in [6.45, 7) is 7.13. The van der Waals surface area contributed by atoms with Crippen molar-refractivity contribution in [3.8, 4) is 0 Å². The van der Waals surface area contributed by atoms with Gasteiger partial charge in [-0.1, -0.05) is 5.16 Å². The van der Waals surface area contributed by atoms with Gasteiger partial charge in [-0.05, 0) is 12.8 Å². The minimum atomic E-state index is 0.647. The van der Waals surface area contributed by atoms with Crippen molar-refractivity contribution in [1.29, 1.82) is 0 Å². The third-order valence-corrected chi connectivity index (χ3v) is 4.49. The van der Waals surface area contributed by atoms with E-state index in [2.05, 4.69) is 31.2 Å². The van der Waals surface area contributed by atoms with Crippen LogP contribution in [-0.2, 0) is 13.1 Å². The molecule has 7 nitrogen and oxygen atoms in total. The van der Waals surface area contributed by atoms with Crippen LogP contribution in [0.15, 0.2) is 23.0 Å². The maximum absolute atomic E-state index is 5.43. The molecular weight excluding hydrogens is 280 g/mol. The SMILES string of the molecule is c1cnn(CCN2CCN(Cc3cc(C4CC4)on3)CC2)n1. The number of hydrogen-bond donors (Lipinski definition) is 0. The van der Waals surface area contributed by atoms with E-state index in [1.807, 2.05) is 0 Å². The highest BCUT2D eigenvalue weighted by Crippen LogP contribution is 2.40. The molecule has 0 bridgehead atoms. The first-order valence-electron chi connectivity index (χ1n) is 8.11. The van der Waals surface area contributed by atoms with Gasteiger partial charge >= 0.3 is 0 Å². The molecule has 1 saturated heterocycles. The highest BCUT2D eigenvalue weighted by atomic mass is 16.5. The fourth-order valence-electron chi connectivity index (χ4n) is 2.95. The second-order valence-electron chi connectivity index (χ2n) is 6.24. The molecule has 22 heavy (non-hydrogen) atoms. The molecule has 0 spiro atoms. The van der Waals surface area contributed by atoms with E-state index >= 15 is 0 Å². The molecule has 0 atom stereocenters. The topological polar surface area (TPSA) is 63.2 Å². The van der Waals surface area contributed by atoms with Gasteiger partial charge in [0.05, 0.1) is 24.6 Å². The van der Waals surface area contributed by atoms with E-state index in [9.17, 15) is 0 Å². The second kappa shape index (κ2) is 6.18. The third-order valence-electron chi connectivity index (χ3n) is 4.49. The molecule has 0 unspecified atom stereocenters. The van der Waals surface area contributed by atoms with Crippen molar-refractivity contribution < 1.29 is 4.52 Å². The molecular formula is C15H22N6O. The van der Waals surface area contributed by atoms with E-state index in [0.717, 1.165) is 57.3 Å². The van der Waals surface area contributed by atoms with Crippen LogP contribution in [0.2, 0.25) is 0 Å². The molecule has 7 heteroatoms. The van der Waals surface area contributed by atoms with Crippen molar-refractivity contribution in [3.05, 3.63) is 29.9 Å². The first-order chi connectivity index (χ1) is 10.9. The Bertz CT molecular complexity index is 583. The molecule has 0 aromatic carbocycles. The van der Waals surface area contributed by atoms with Crippen molar-refractivity contribution in [2.24, 2.45) is 0 Å². The summed E-state index contributed by atoms with van der Waals surface area (Å²) in [6.07, 6.45) is 5.98. The van der Waals surface area contributed by atoms with Crippen molar-refractivity contribution in [2.45, 2.75) is 31.8 Å². The molecule has 1 aliphatic heterocycles. The monoisotopic (exact) mass is 302 g/mol. The molecule has 2 aromatic heterocycles. The van der Waals surface area contributed by atoms with E-state index in [0.29, 0.717) is 5.92 Å². The number of nitrogens with zero attached hydrogens (tertiary/aromatic N) is 6. The van der Waals surface area contributed by atoms with Crippen LogP contribution in [0.1, 0.15) is 30.2 Å². The van der Waals surface area contributed by atoms with Gasteiger partial charge in [0.25, 0.3) is 0 Å². The lowest BCUT2D eigenvalue weighted by Gasteiger charge is -2.34. The summed E-state index contributed by atoms with van der Waals surface area (Å²) in [5, 5.41) is 12.5. The summed E-state index contributed by atoms with van der Waals surface area (Å²) in [7, 11) is 0. The maximum atomic E-state index is 5.43. The molecule has 2 fully saturated rings. The standard InChI is InChI=1S/C15H22N6O/c1-2-13(1)15-11-14(18-22-15)12-20-7-5-19(6-8-20)9-10-21-16-3-4-17-21/h3-4,11,13H,1-2,5-10,12H2. The number of aromatic nitrogens is 4. The average molecular weight is 302 g/mol. The van der Waals surface area contributed by atoms with Crippen molar-refractivity contribution in [3.63, 3.8) is 0 Å². The van der Waals surface area contributed by atoms with Crippen molar-refractivity contribution in [1.82, 2.24) is 30.0 Å². The first-order valence-corrected chi connectivity index (χ1v) is 8.11. The second-order valence-corrected chi connectivity index (χ2v) is 6.24. The fourth-order valence-corrected chi connectivity index (χ4v) is 2.95. The smallest absolute Gasteiger partial charge is 0.140 e. The summed E-state index contributed by atoms with van der Waals surface area (Å²) in [5.74, 6) is 1.73. The van der Waals surface area contributed by atoms with E-state index in [4.69, 9.17) is 4.52 Å². The van der Waals surface area contributed by atoms with E-state index in [1.165, 1.54) is 12.8 Å². The van der Waals surface area contributed by atoms with E-state index < -0.39 is 0 Å².